The number of carbonyl (C=O) groups is 2. The zero-order valence-electron chi connectivity index (χ0n) is 11.6. The Bertz CT molecular complexity index is 283. The number of Topliss-reactive ketones (excluding diaryl/α,β-unsaturated/α-hetero) is 1. The molecule has 1 fully saturated rings. The van der Waals surface area contributed by atoms with Gasteiger partial charge in [0.15, 0.2) is 0 Å². The molecule has 4 nitrogen and oxygen atoms in total. The first-order chi connectivity index (χ1) is 8.60. The van der Waals surface area contributed by atoms with Crippen LogP contribution in [0.4, 0.5) is 4.79 Å². The number of rotatable bonds is 6. The smallest absolute Gasteiger partial charge is 0.407 e. The molecule has 1 aliphatic rings. The second-order valence-corrected chi connectivity index (χ2v) is 5.25. The number of hydrogen-bond acceptors (Lipinski definition) is 3. The van der Waals surface area contributed by atoms with E-state index in [4.69, 9.17) is 4.74 Å². The van der Waals surface area contributed by atoms with E-state index in [2.05, 4.69) is 12.2 Å². The predicted molar refractivity (Wildman–Crippen MR) is 70.5 cm³/mol. The second-order valence-electron chi connectivity index (χ2n) is 5.25. The lowest BCUT2D eigenvalue weighted by Gasteiger charge is -2.34. The van der Waals surface area contributed by atoms with Crippen molar-refractivity contribution in [3.63, 3.8) is 0 Å². The molecular weight excluding hydrogens is 230 g/mol. The second kappa shape index (κ2) is 7.39. The average Bonchev–Trinajstić information content (AvgIpc) is 2.37. The van der Waals surface area contributed by atoms with Gasteiger partial charge in [-0.15, -0.1) is 0 Å². The number of hydrogen-bond donors (Lipinski definition) is 1. The largest absolute Gasteiger partial charge is 0.448 e. The van der Waals surface area contributed by atoms with Crippen LogP contribution >= 0.6 is 0 Å². The van der Waals surface area contributed by atoms with Gasteiger partial charge in [-0.05, 0) is 26.2 Å². The fourth-order valence-electron chi connectivity index (χ4n) is 2.45. The summed E-state index contributed by atoms with van der Waals surface area (Å²) in [5, 5.41) is 2.71. The van der Waals surface area contributed by atoms with Crippen LogP contribution in [-0.4, -0.2) is 25.0 Å². The molecular formula is C14H25NO3. The van der Waals surface area contributed by atoms with Crippen LogP contribution < -0.4 is 5.32 Å². The number of unbranched alkanes of at least 4 members (excludes halogenated alkanes) is 1. The van der Waals surface area contributed by atoms with Gasteiger partial charge in [0.05, 0.1) is 5.41 Å². The van der Waals surface area contributed by atoms with Crippen molar-refractivity contribution in [2.75, 3.05) is 13.2 Å². The zero-order chi connectivity index (χ0) is 13.4. The quantitative estimate of drug-likeness (QED) is 0.742. The maximum atomic E-state index is 11.8. The third-order valence-electron chi connectivity index (χ3n) is 3.84. The summed E-state index contributed by atoms with van der Waals surface area (Å²) in [6, 6.07) is 0. The molecule has 0 radical (unpaired) electrons. The van der Waals surface area contributed by atoms with E-state index in [0.717, 1.165) is 38.5 Å². The highest BCUT2D eigenvalue weighted by Gasteiger charge is 2.38. The van der Waals surface area contributed by atoms with Gasteiger partial charge in [-0.1, -0.05) is 32.6 Å². The molecule has 1 aliphatic carbocycles. The molecule has 0 aromatic carbocycles. The molecule has 1 N–H and O–H groups in total. The lowest BCUT2D eigenvalue weighted by atomic mass is 9.72. The summed E-state index contributed by atoms with van der Waals surface area (Å²) < 4.78 is 5.22. The minimum Gasteiger partial charge on any atom is -0.448 e. The van der Waals surface area contributed by atoms with Crippen molar-refractivity contribution < 1.29 is 14.3 Å². The highest BCUT2D eigenvalue weighted by molar-refractivity contribution is 5.83. The van der Waals surface area contributed by atoms with Crippen LogP contribution in [0.1, 0.15) is 58.8 Å². The molecule has 1 saturated carbocycles. The maximum absolute atomic E-state index is 11.8. The zero-order valence-corrected chi connectivity index (χ0v) is 11.6. The molecule has 1 amide bonds. The van der Waals surface area contributed by atoms with E-state index in [0.29, 0.717) is 6.54 Å². The van der Waals surface area contributed by atoms with Crippen LogP contribution in [0.2, 0.25) is 0 Å². The highest BCUT2D eigenvalue weighted by Crippen LogP contribution is 2.37. The van der Waals surface area contributed by atoms with E-state index in [9.17, 15) is 9.59 Å². The summed E-state index contributed by atoms with van der Waals surface area (Å²) in [6.45, 7) is 4.56. The van der Waals surface area contributed by atoms with Gasteiger partial charge in [0.1, 0.15) is 12.4 Å². The summed E-state index contributed by atoms with van der Waals surface area (Å²) in [5.74, 6) is 0.156. The number of nitrogens with one attached hydrogen (secondary N) is 1. The summed E-state index contributed by atoms with van der Waals surface area (Å²) in [4.78, 5) is 23.3. The topological polar surface area (TPSA) is 55.4 Å². The van der Waals surface area contributed by atoms with Gasteiger partial charge in [-0.3, -0.25) is 4.79 Å². The Kier molecular flexibility index (Phi) is 6.16. The average molecular weight is 255 g/mol. The van der Waals surface area contributed by atoms with Crippen LogP contribution in [0.15, 0.2) is 0 Å². The number of alkyl carbamates (subject to hydrolysis) is 1. The highest BCUT2D eigenvalue weighted by atomic mass is 16.5. The molecule has 0 unspecified atom stereocenters. The van der Waals surface area contributed by atoms with Crippen molar-refractivity contribution in [1.82, 2.24) is 5.32 Å². The van der Waals surface area contributed by atoms with E-state index in [1.165, 1.54) is 6.42 Å². The van der Waals surface area contributed by atoms with E-state index in [-0.39, 0.29) is 12.4 Å². The standard InChI is InChI=1S/C14H25NO3/c1-3-4-10-15-13(17)18-11-14(12(2)16)8-6-5-7-9-14/h3-11H2,1-2H3,(H,15,17). The molecule has 0 atom stereocenters. The molecule has 0 spiro atoms. The van der Waals surface area contributed by atoms with Crippen molar-refractivity contribution >= 4 is 11.9 Å². The molecule has 4 heteroatoms. The Labute approximate surface area is 109 Å². The minimum atomic E-state index is -0.416. The van der Waals surface area contributed by atoms with Crippen LogP contribution in [0.3, 0.4) is 0 Å². The van der Waals surface area contributed by atoms with Crippen molar-refractivity contribution in [3.8, 4) is 0 Å². The van der Waals surface area contributed by atoms with Gasteiger partial charge in [0.2, 0.25) is 0 Å². The number of ether oxygens (including phenoxy) is 1. The Morgan fingerprint density at radius 3 is 2.44 bits per heavy atom. The Balaban J connectivity index is 2.38. The van der Waals surface area contributed by atoms with Crippen LogP contribution in [0, 0.1) is 5.41 Å². The summed E-state index contributed by atoms with van der Waals surface area (Å²) in [7, 11) is 0. The van der Waals surface area contributed by atoms with Crippen molar-refractivity contribution in [3.05, 3.63) is 0 Å². The number of amides is 1. The first-order valence-corrected chi connectivity index (χ1v) is 7.02. The van der Waals surface area contributed by atoms with E-state index >= 15 is 0 Å². The van der Waals surface area contributed by atoms with Crippen LogP contribution in [0.5, 0.6) is 0 Å². The van der Waals surface area contributed by atoms with Gasteiger partial charge >= 0.3 is 6.09 Å². The Hall–Kier alpha value is -1.06. The van der Waals surface area contributed by atoms with Gasteiger partial charge in [0.25, 0.3) is 0 Å². The predicted octanol–water partition coefficient (Wildman–Crippen LogP) is 3.05. The minimum absolute atomic E-state index is 0.156. The molecule has 104 valence electrons. The summed E-state index contributed by atoms with van der Waals surface area (Å²) >= 11 is 0. The Morgan fingerprint density at radius 1 is 1.22 bits per heavy atom. The number of carbonyl (C=O) groups excluding carboxylic acids is 2. The summed E-state index contributed by atoms with van der Waals surface area (Å²) in [5.41, 5.74) is -0.416. The molecule has 0 aromatic heterocycles. The summed E-state index contributed by atoms with van der Waals surface area (Å²) in [6.07, 6.45) is 6.59. The lowest BCUT2D eigenvalue weighted by molar-refractivity contribution is -0.131. The Morgan fingerprint density at radius 2 is 1.89 bits per heavy atom. The van der Waals surface area contributed by atoms with Gasteiger partial charge in [0, 0.05) is 6.54 Å². The SMILES string of the molecule is CCCCNC(=O)OCC1(C(C)=O)CCCCC1. The van der Waals surface area contributed by atoms with E-state index in [1.54, 1.807) is 6.92 Å². The van der Waals surface area contributed by atoms with Crippen molar-refractivity contribution in [2.24, 2.45) is 5.41 Å². The van der Waals surface area contributed by atoms with Gasteiger partial charge in [-0.2, -0.15) is 0 Å². The third-order valence-corrected chi connectivity index (χ3v) is 3.84. The van der Waals surface area contributed by atoms with E-state index in [1.807, 2.05) is 0 Å². The molecule has 0 heterocycles. The molecule has 1 rings (SSSR count). The first kappa shape index (κ1) is 15.0. The van der Waals surface area contributed by atoms with E-state index < -0.39 is 11.5 Å². The third kappa shape index (κ3) is 4.31. The van der Waals surface area contributed by atoms with Crippen LogP contribution in [-0.2, 0) is 9.53 Å². The number of ketones is 1. The molecule has 0 aliphatic heterocycles. The monoisotopic (exact) mass is 255 g/mol. The van der Waals surface area contributed by atoms with Crippen molar-refractivity contribution in [1.29, 1.82) is 0 Å². The molecule has 0 saturated heterocycles. The lowest BCUT2D eigenvalue weighted by Crippen LogP contribution is -2.39. The normalized spacial score (nSPS) is 18.1. The van der Waals surface area contributed by atoms with Crippen LogP contribution in [0.25, 0.3) is 0 Å². The molecule has 0 bridgehead atoms. The molecule has 18 heavy (non-hydrogen) atoms. The fraction of sp³-hybridized carbons (Fsp3) is 0.857. The van der Waals surface area contributed by atoms with Gasteiger partial charge in [-0.25, -0.2) is 4.79 Å². The van der Waals surface area contributed by atoms with Gasteiger partial charge < -0.3 is 10.1 Å². The molecule has 0 aromatic rings. The van der Waals surface area contributed by atoms with Crippen molar-refractivity contribution in [2.45, 2.75) is 58.8 Å². The maximum Gasteiger partial charge on any atom is 0.407 e. The fourth-order valence-corrected chi connectivity index (χ4v) is 2.45. The first-order valence-electron chi connectivity index (χ1n) is 7.02.